The molecule has 1 saturated heterocycles. The summed E-state index contributed by atoms with van der Waals surface area (Å²) >= 11 is 0. The summed E-state index contributed by atoms with van der Waals surface area (Å²) in [5.74, 6) is -2.26. The maximum atomic E-state index is 15.2. The minimum atomic E-state index is -0.951. The van der Waals surface area contributed by atoms with Gasteiger partial charge in [-0.15, -0.1) is 0 Å². The third-order valence-electron chi connectivity index (χ3n) is 5.99. The number of hydrogen-bond donors (Lipinski definition) is 3. The molecule has 1 fully saturated rings. The number of piperazine rings is 1. The predicted octanol–water partition coefficient (Wildman–Crippen LogP) is 2.86. The van der Waals surface area contributed by atoms with E-state index >= 15 is 8.78 Å². The lowest BCUT2D eigenvalue weighted by Crippen LogP contribution is -2.47. The Morgan fingerprint density at radius 3 is 2.46 bits per heavy atom. The molecular weight excluding hydrogens is 516 g/mol. The molecule has 4 aromatic rings. The Morgan fingerprint density at radius 2 is 1.77 bits per heavy atom. The van der Waals surface area contributed by atoms with Gasteiger partial charge in [0, 0.05) is 43.7 Å². The van der Waals surface area contributed by atoms with Gasteiger partial charge in [-0.3, -0.25) is 20.0 Å². The van der Waals surface area contributed by atoms with Crippen molar-refractivity contribution in [1.82, 2.24) is 30.2 Å². The molecule has 0 bridgehead atoms. The van der Waals surface area contributed by atoms with Crippen molar-refractivity contribution in [3.63, 3.8) is 0 Å². The van der Waals surface area contributed by atoms with Gasteiger partial charge in [-0.05, 0) is 12.1 Å². The van der Waals surface area contributed by atoms with Crippen molar-refractivity contribution < 1.29 is 32.6 Å². The number of carbonyl (C=O) groups is 2. The number of ether oxygens (including phenoxy) is 3. The first-order valence-electron chi connectivity index (χ1n) is 11.7. The number of halogens is 2. The summed E-state index contributed by atoms with van der Waals surface area (Å²) in [5.41, 5.74) is 0.497. The number of anilines is 1. The van der Waals surface area contributed by atoms with Crippen molar-refractivity contribution in [3.8, 4) is 28.4 Å². The minimum Gasteiger partial charge on any atom is -0.494 e. The highest BCUT2D eigenvalue weighted by molar-refractivity contribution is 5.97. The van der Waals surface area contributed by atoms with Crippen LogP contribution in [-0.2, 0) is 11.3 Å². The van der Waals surface area contributed by atoms with Gasteiger partial charge in [0.25, 0.3) is 0 Å². The maximum Gasteiger partial charge on any atom is 0.419 e. The number of aromatic nitrogens is 4. The van der Waals surface area contributed by atoms with E-state index in [1.54, 1.807) is 6.20 Å². The van der Waals surface area contributed by atoms with Crippen LogP contribution in [0.5, 0.6) is 17.2 Å². The molecule has 12 nitrogen and oxygen atoms in total. The highest BCUT2D eigenvalue weighted by Gasteiger charge is 2.25. The van der Waals surface area contributed by atoms with Gasteiger partial charge in [-0.25, -0.2) is 23.5 Å². The molecule has 2 aromatic carbocycles. The van der Waals surface area contributed by atoms with E-state index in [2.05, 4.69) is 30.6 Å². The summed E-state index contributed by atoms with van der Waals surface area (Å²) in [6.07, 6.45) is 3.37. The molecule has 39 heavy (non-hydrogen) atoms. The first kappa shape index (κ1) is 25.8. The number of nitrogens with one attached hydrogen (secondary N) is 3. The van der Waals surface area contributed by atoms with Crippen LogP contribution in [0.4, 0.5) is 19.5 Å². The van der Waals surface area contributed by atoms with E-state index in [9.17, 15) is 9.59 Å². The van der Waals surface area contributed by atoms with Crippen LogP contribution in [0.3, 0.4) is 0 Å². The van der Waals surface area contributed by atoms with Gasteiger partial charge < -0.3 is 24.5 Å². The summed E-state index contributed by atoms with van der Waals surface area (Å²) in [6.45, 7) is 1.96. The number of benzene rings is 2. The molecule has 0 atom stereocenters. The number of aromatic amines is 1. The van der Waals surface area contributed by atoms with Crippen LogP contribution in [0.15, 0.2) is 36.8 Å². The SMILES string of the molecule is COc1cc(OC)c(F)c(-c2ccc(OC(=O)Nc3ncc(CN4CCNC(=O)C4)[nH]3)c3nccnc23)c1F. The van der Waals surface area contributed by atoms with Crippen LogP contribution in [0.1, 0.15) is 5.69 Å². The molecule has 14 heteroatoms. The van der Waals surface area contributed by atoms with E-state index in [0.29, 0.717) is 25.3 Å². The van der Waals surface area contributed by atoms with Gasteiger partial charge in [0.05, 0.1) is 38.2 Å². The van der Waals surface area contributed by atoms with Crippen molar-refractivity contribution in [2.75, 3.05) is 39.2 Å². The molecular formula is C25H23F2N7O5. The van der Waals surface area contributed by atoms with E-state index in [0.717, 1.165) is 6.07 Å². The van der Waals surface area contributed by atoms with Crippen LogP contribution in [0.25, 0.3) is 22.2 Å². The van der Waals surface area contributed by atoms with E-state index in [1.807, 2.05) is 4.90 Å². The van der Waals surface area contributed by atoms with E-state index in [-0.39, 0.29) is 52.2 Å². The number of nitrogens with zero attached hydrogens (tertiary/aromatic N) is 4. The zero-order chi connectivity index (χ0) is 27.5. The Balaban J connectivity index is 1.38. The normalized spacial score (nSPS) is 13.7. The smallest absolute Gasteiger partial charge is 0.419 e. The Bertz CT molecular complexity index is 1530. The van der Waals surface area contributed by atoms with Gasteiger partial charge in [0.2, 0.25) is 11.9 Å². The van der Waals surface area contributed by atoms with Gasteiger partial charge in [-0.1, -0.05) is 0 Å². The molecule has 0 aliphatic carbocycles. The zero-order valence-corrected chi connectivity index (χ0v) is 20.9. The van der Waals surface area contributed by atoms with Crippen LogP contribution >= 0.6 is 0 Å². The number of imidazole rings is 1. The highest BCUT2D eigenvalue weighted by atomic mass is 19.1. The summed E-state index contributed by atoms with van der Waals surface area (Å²) < 4.78 is 45.9. The monoisotopic (exact) mass is 539 g/mol. The van der Waals surface area contributed by atoms with Crippen LogP contribution in [0, 0.1) is 11.6 Å². The number of fused-ring (bicyclic) bond motifs is 1. The van der Waals surface area contributed by atoms with Crippen LogP contribution < -0.4 is 24.8 Å². The summed E-state index contributed by atoms with van der Waals surface area (Å²) in [5, 5.41) is 5.24. The average Bonchev–Trinajstić information content (AvgIpc) is 3.36. The third kappa shape index (κ3) is 5.27. The topological polar surface area (TPSA) is 144 Å². The van der Waals surface area contributed by atoms with Crippen LogP contribution in [-0.4, -0.2) is 70.7 Å². The lowest BCUT2D eigenvalue weighted by Gasteiger charge is -2.25. The fraction of sp³-hybridized carbons (Fsp3) is 0.240. The zero-order valence-electron chi connectivity index (χ0n) is 20.9. The van der Waals surface area contributed by atoms with Crippen molar-refractivity contribution in [3.05, 3.63) is 54.1 Å². The van der Waals surface area contributed by atoms with Gasteiger partial charge in [-0.2, -0.15) is 0 Å². The molecule has 1 aliphatic rings. The Morgan fingerprint density at radius 1 is 1.05 bits per heavy atom. The first-order chi connectivity index (χ1) is 18.9. The molecule has 3 N–H and O–H groups in total. The molecule has 202 valence electrons. The molecule has 3 heterocycles. The number of carbonyl (C=O) groups excluding carboxylic acids is 2. The van der Waals surface area contributed by atoms with E-state index in [1.165, 1.54) is 38.7 Å². The van der Waals surface area contributed by atoms with Crippen molar-refractivity contribution in [1.29, 1.82) is 0 Å². The number of methoxy groups -OCH3 is 2. The molecule has 0 spiro atoms. The standard InChI is InChI=1S/C25H23F2N7O5/c1-37-16-9-17(38-2)21(27)19(20(16)26)14-3-4-15(23-22(14)29-5-6-30-23)39-25(36)33-24-31-10-13(32-24)11-34-8-7-28-18(35)12-34/h3-6,9-10H,7-8,11-12H2,1-2H3,(H,28,35)(H2,31,32,33,36). The lowest BCUT2D eigenvalue weighted by molar-refractivity contribution is -0.124. The molecule has 2 aromatic heterocycles. The Labute approximate surface area is 220 Å². The predicted molar refractivity (Wildman–Crippen MR) is 135 cm³/mol. The van der Waals surface area contributed by atoms with Crippen molar-refractivity contribution in [2.24, 2.45) is 0 Å². The van der Waals surface area contributed by atoms with Crippen LogP contribution in [0.2, 0.25) is 0 Å². The first-order valence-corrected chi connectivity index (χ1v) is 11.7. The average molecular weight is 539 g/mol. The second-order valence-corrected chi connectivity index (χ2v) is 8.48. The van der Waals surface area contributed by atoms with Gasteiger partial charge >= 0.3 is 6.09 Å². The van der Waals surface area contributed by atoms with Crippen molar-refractivity contribution >= 4 is 29.0 Å². The molecule has 0 saturated carbocycles. The van der Waals surface area contributed by atoms with Crippen molar-refractivity contribution in [2.45, 2.75) is 6.54 Å². The number of amides is 2. The third-order valence-corrected chi connectivity index (χ3v) is 5.99. The van der Waals surface area contributed by atoms with E-state index < -0.39 is 23.3 Å². The fourth-order valence-electron chi connectivity index (χ4n) is 4.23. The van der Waals surface area contributed by atoms with Gasteiger partial charge in [0.15, 0.2) is 28.9 Å². The largest absolute Gasteiger partial charge is 0.494 e. The molecule has 2 amide bonds. The number of rotatable bonds is 7. The Kier molecular flexibility index (Phi) is 7.19. The second kappa shape index (κ2) is 10.9. The molecule has 0 radical (unpaired) electrons. The molecule has 5 rings (SSSR count). The second-order valence-electron chi connectivity index (χ2n) is 8.48. The lowest BCUT2D eigenvalue weighted by atomic mass is 10.0. The highest BCUT2D eigenvalue weighted by Crippen LogP contribution is 2.41. The molecule has 1 aliphatic heterocycles. The maximum absolute atomic E-state index is 15.2. The fourth-order valence-corrected chi connectivity index (χ4v) is 4.23. The quantitative estimate of drug-likeness (QED) is 0.323. The van der Waals surface area contributed by atoms with E-state index in [4.69, 9.17) is 14.2 Å². The number of H-pyrrole nitrogens is 1. The minimum absolute atomic E-state index is 0.00105. The number of hydrogen-bond acceptors (Lipinski definition) is 9. The summed E-state index contributed by atoms with van der Waals surface area (Å²) in [7, 11) is 2.50. The molecule has 0 unspecified atom stereocenters. The van der Waals surface area contributed by atoms with Gasteiger partial charge in [0.1, 0.15) is 11.0 Å². The summed E-state index contributed by atoms with van der Waals surface area (Å²) in [4.78, 5) is 41.7. The summed E-state index contributed by atoms with van der Waals surface area (Å²) in [6, 6.07) is 3.82. The Hall–Kier alpha value is -4.85.